The highest BCUT2D eigenvalue weighted by molar-refractivity contribution is 14.1. The molecule has 236 valence electrons. The summed E-state index contributed by atoms with van der Waals surface area (Å²) in [5.41, 5.74) is 0.506. The van der Waals surface area contributed by atoms with Crippen LogP contribution in [0.25, 0.3) is 0 Å². The summed E-state index contributed by atoms with van der Waals surface area (Å²) in [5, 5.41) is 2.36. The molecular formula is C37H47IO5Si. The van der Waals surface area contributed by atoms with Crippen LogP contribution in [0.5, 0.6) is 0 Å². The Morgan fingerprint density at radius 3 is 1.91 bits per heavy atom. The standard InChI is InChI=1S/C37H47IO5Si/c1-27(28(2)43-44(36(3,4)5,30-19-13-9-14-20-30)31-21-15-10-16-22-31)23-24-32(40-35(39)29-17-11-8-12-18-29)34-33(25-26-38)41-37(6,7)42-34/h8-24,27-28,32-34H,25-26H2,1-7H3/t27-,28+,32?,33+,34?/m1/s1. The maximum absolute atomic E-state index is 13.3. The van der Waals surface area contributed by atoms with Crippen molar-refractivity contribution in [2.75, 3.05) is 4.43 Å². The van der Waals surface area contributed by atoms with Crippen LogP contribution in [0.3, 0.4) is 0 Å². The van der Waals surface area contributed by atoms with E-state index >= 15 is 0 Å². The lowest BCUT2D eigenvalue weighted by Crippen LogP contribution is -2.67. The van der Waals surface area contributed by atoms with Gasteiger partial charge < -0.3 is 18.6 Å². The Labute approximate surface area is 278 Å². The number of carbonyl (C=O) groups is 1. The summed E-state index contributed by atoms with van der Waals surface area (Å²) in [6, 6.07) is 30.5. The Kier molecular flexibility index (Phi) is 11.7. The van der Waals surface area contributed by atoms with Gasteiger partial charge in [0.25, 0.3) is 8.32 Å². The van der Waals surface area contributed by atoms with Gasteiger partial charge in [0.1, 0.15) is 12.2 Å². The summed E-state index contributed by atoms with van der Waals surface area (Å²) in [7, 11) is -2.73. The van der Waals surface area contributed by atoms with Crippen molar-refractivity contribution < 1.29 is 23.4 Å². The first-order valence-electron chi connectivity index (χ1n) is 15.5. The summed E-state index contributed by atoms with van der Waals surface area (Å²) in [6.07, 6.45) is 3.52. The van der Waals surface area contributed by atoms with Gasteiger partial charge in [-0.2, -0.15) is 0 Å². The summed E-state index contributed by atoms with van der Waals surface area (Å²) in [6.45, 7) is 15.0. The Morgan fingerprint density at radius 2 is 1.41 bits per heavy atom. The Bertz CT molecular complexity index is 1320. The zero-order valence-corrected chi connectivity index (χ0v) is 30.2. The molecule has 1 saturated heterocycles. The van der Waals surface area contributed by atoms with E-state index in [0.717, 1.165) is 10.8 Å². The fourth-order valence-corrected chi connectivity index (χ4v) is 11.4. The second-order valence-corrected chi connectivity index (χ2v) is 18.4. The van der Waals surface area contributed by atoms with Crippen LogP contribution >= 0.6 is 22.6 Å². The number of rotatable bonds is 12. The molecule has 0 spiro atoms. The van der Waals surface area contributed by atoms with Gasteiger partial charge in [-0.05, 0) is 66.7 Å². The lowest BCUT2D eigenvalue weighted by atomic mass is 10.0. The smallest absolute Gasteiger partial charge is 0.338 e. The van der Waals surface area contributed by atoms with Gasteiger partial charge in [0.2, 0.25) is 0 Å². The molecule has 0 bridgehead atoms. The molecular weight excluding hydrogens is 679 g/mol. The van der Waals surface area contributed by atoms with E-state index < -0.39 is 26.3 Å². The quantitative estimate of drug-likeness (QED) is 0.0630. The number of esters is 1. The summed E-state index contributed by atoms with van der Waals surface area (Å²) < 4.78 is 27.0. The molecule has 5 nitrogen and oxygen atoms in total. The van der Waals surface area contributed by atoms with E-state index in [2.05, 4.69) is 124 Å². The molecule has 0 radical (unpaired) electrons. The molecule has 7 heteroatoms. The van der Waals surface area contributed by atoms with Crippen molar-refractivity contribution in [3.8, 4) is 0 Å². The van der Waals surface area contributed by atoms with Crippen molar-refractivity contribution in [3.63, 3.8) is 0 Å². The number of alkyl halides is 1. The predicted octanol–water partition coefficient (Wildman–Crippen LogP) is 7.71. The average molecular weight is 727 g/mol. The zero-order chi connectivity index (χ0) is 32.0. The third-order valence-electron chi connectivity index (χ3n) is 8.32. The van der Waals surface area contributed by atoms with Crippen molar-refractivity contribution in [3.05, 3.63) is 109 Å². The van der Waals surface area contributed by atoms with Gasteiger partial charge in [-0.15, -0.1) is 0 Å². The van der Waals surface area contributed by atoms with Crippen LogP contribution in [0.2, 0.25) is 5.04 Å². The maximum atomic E-state index is 13.3. The van der Waals surface area contributed by atoms with Crippen molar-refractivity contribution in [2.24, 2.45) is 5.92 Å². The van der Waals surface area contributed by atoms with E-state index in [0.29, 0.717) is 5.56 Å². The average Bonchev–Trinajstić information content (AvgIpc) is 3.32. The predicted molar refractivity (Wildman–Crippen MR) is 189 cm³/mol. The molecule has 1 aliphatic rings. The summed E-state index contributed by atoms with van der Waals surface area (Å²) in [5.74, 6) is -1.13. The van der Waals surface area contributed by atoms with Crippen LogP contribution in [0.1, 0.15) is 65.2 Å². The number of ether oxygens (including phenoxy) is 3. The number of hydrogen-bond acceptors (Lipinski definition) is 5. The minimum Gasteiger partial charge on any atom is -0.452 e. The molecule has 3 aromatic rings. The molecule has 1 fully saturated rings. The molecule has 3 aromatic carbocycles. The Balaban J connectivity index is 1.65. The van der Waals surface area contributed by atoms with Crippen molar-refractivity contribution in [1.29, 1.82) is 0 Å². The van der Waals surface area contributed by atoms with Gasteiger partial charge in [0.05, 0.1) is 11.7 Å². The van der Waals surface area contributed by atoms with Crippen LogP contribution < -0.4 is 10.4 Å². The minimum absolute atomic E-state index is 0.0212. The third-order valence-corrected chi connectivity index (χ3v) is 14.1. The number of hydrogen-bond donors (Lipinski definition) is 0. The first-order valence-corrected chi connectivity index (χ1v) is 19.0. The zero-order valence-electron chi connectivity index (χ0n) is 27.0. The van der Waals surface area contributed by atoms with E-state index in [1.54, 1.807) is 12.1 Å². The van der Waals surface area contributed by atoms with Gasteiger partial charge >= 0.3 is 5.97 Å². The SMILES string of the molecule is C[C@H](C=CC(OC(=O)c1ccccc1)C1OC(C)(C)O[C@H]1CCI)[C@H](C)O[Si](c1ccccc1)(c1ccccc1)C(C)(C)C. The van der Waals surface area contributed by atoms with E-state index in [1.165, 1.54) is 10.4 Å². The summed E-state index contributed by atoms with van der Waals surface area (Å²) in [4.78, 5) is 13.3. The first kappa shape index (κ1) is 34.6. The molecule has 0 N–H and O–H groups in total. The lowest BCUT2D eigenvalue weighted by Gasteiger charge is -2.45. The highest BCUT2D eigenvalue weighted by Gasteiger charge is 2.51. The maximum Gasteiger partial charge on any atom is 0.338 e. The van der Waals surface area contributed by atoms with E-state index in [9.17, 15) is 4.79 Å². The second-order valence-electron chi connectivity index (χ2n) is 13.1. The molecule has 0 aliphatic carbocycles. The molecule has 1 heterocycles. The lowest BCUT2D eigenvalue weighted by molar-refractivity contribution is -0.153. The number of carbonyl (C=O) groups excluding carboxylic acids is 1. The topological polar surface area (TPSA) is 54.0 Å². The fraction of sp³-hybridized carbons (Fsp3) is 0.432. The Hall–Kier alpha value is -2.30. The highest BCUT2D eigenvalue weighted by atomic mass is 127. The van der Waals surface area contributed by atoms with Crippen molar-refractivity contribution >= 4 is 47.3 Å². The van der Waals surface area contributed by atoms with Gasteiger partial charge in [0, 0.05) is 10.5 Å². The normalized spacial score (nSPS) is 20.7. The van der Waals surface area contributed by atoms with Crippen LogP contribution in [0.4, 0.5) is 0 Å². The molecule has 0 amide bonds. The van der Waals surface area contributed by atoms with Crippen molar-refractivity contribution in [2.45, 2.75) is 90.1 Å². The van der Waals surface area contributed by atoms with Crippen LogP contribution in [-0.4, -0.2) is 48.9 Å². The largest absolute Gasteiger partial charge is 0.452 e. The van der Waals surface area contributed by atoms with Gasteiger partial charge in [-0.3, -0.25) is 0 Å². The molecule has 44 heavy (non-hydrogen) atoms. The third kappa shape index (κ3) is 8.09. The van der Waals surface area contributed by atoms with Gasteiger partial charge in [0.15, 0.2) is 5.79 Å². The molecule has 4 rings (SSSR count). The van der Waals surface area contributed by atoms with Gasteiger partial charge in [-0.25, -0.2) is 4.79 Å². The molecule has 0 aromatic heterocycles. The summed E-state index contributed by atoms with van der Waals surface area (Å²) >= 11 is 2.35. The number of halogens is 1. The van der Waals surface area contributed by atoms with Crippen LogP contribution in [-0.2, 0) is 18.6 Å². The first-order chi connectivity index (χ1) is 20.9. The van der Waals surface area contributed by atoms with E-state index in [4.69, 9.17) is 18.6 Å². The molecule has 2 unspecified atom stereocenters. The minimum atomic E-state index is -2.73. The van der Waals surface area contributed by atoms with Crippen LogP contribution in [0, 0.1) is 5.92 Å². The van der Waals surface area contributed by atoms with Gasteiger partial charge in [-0.1, -0.05) is 135 Å². The molecule has 0 saturated carbocycles. The van der Waals surface area contributed by atoms with E-state index in [-0.39, 0.29) is 29.1 Å². The number of benzene rings is 3. The molecule has 1 aliphatic heterocycles. The second kappa shape index (κ2) is 14.9. The van der Waals surface area contributed by atoms with Crippen molar-refractivity contribution in [1.82, 2.24) is 0 Å². The monoisotopic (exact) mass is 726 g/mol. The highest BCUT2D eigenvalue weighted by Crippen LogP contribution is 2.39. The van der Waals surface area contributed by atoms with E-state index in [1.807, 2.05) is 38.1 Å². The molecule has 5 atom stereocenters. The Morgan fingerprint density at radius 1 is 0.886 bits per heavy atom. The fourth-order valence-electron chi connectivity index (χ4n) is 5.97. The van der Waals surface area contributed by atoms with Crippen LogP contribution in [0.15, 0.2) is 103 Å².